The molecule has 188 valence electrons. The maximum absolute atomic E-state index is 12.6. The molecule has 2 rings (SSSR count). The molecule has 0 aliphatic carbocycles. The number of unbranched alkanes of at least 4 members (excludes halogenated alkanes) is 6. The van der Waals surface area contributed by atoms with E-state index in [-0.39, 0.29) is 29.3 Å². The van der Waals surface area contributed by atoms with E-state index in [9.17, 15) is 4.79 Å². The van der Waals surface area contributed by atoms with Gasteiger partial charge >= 0.3 is 5.97 Å². The number of esters is 1. The second-order valence-corrected chi connectivity index (χ2v) is 10.6. The molecule has 1 aliphatic rings. The first-order valence-electron chi connectivity index (χ1n) is 13.5. The molecule has 2 unspecified atom stereocenters. The zero-order valence-electron chi connectivity index (χ0n) is 22.2. The lowest BCUT2D eigenvalue weighted by Crippen LogP contribution is -2.64. The highest BCUT2D eigenvalue weighted by atomic mass is 16.7. The van der Waals surface area contributed by atoms with Crippen molar-refractivity contribution in [1.82, 2.24) is 5.06 Å². The van der Waals surface area contributed by atoms with Crippen molar-refractivity contribution < 1.29 is 14.4 Å². The molecular formula is C29H49NO3. The number of ether oxygens (including phenoxy) is 1. The van der Waals surface area contributed by atoms with Crippen molar-refractivity contribution in [2.45, 2.75) is 142 Å². The van der Waals surface area contributed by atoms with Crippen LogP contribution < -0.4 is 0 Å². The van der Waals surface area contributed by atoms with Crippen LogP contribution in [0.1, 0.15) is 130 Å². The lowest BCUT2D eigenvalue weighted by atomic mass is 9.75. The second-order valence-electron chi connectivity index (χ2n) is 10.6. The van der Waals surface area contributed by atoms with Crippen LogP contribution in [0.25, 0.3) is 0 Å². The minimum Gasteiger partial charge on any atom is -0.462 e. The largest absolute Gasteiger partial charge is 0.462 e. The van der Waals surface area contributed by atoms with Crippen LogP contribution in [0.2, 0.25) is 0 Å². The molecule has 2 atom stereocenters. The Morgan fingerprint density at radius 2 is 1.58 bits per heavy atom. The summed E-state index contributed by atoms with van der Waals surface area (Å²) >= 11 is 0. The Morgan fingerprint density at radius 3 is 2.18 bits per heavy atom. The van der Waals surface area contributed by atoms with Gasteiger partial charge in [-0.15, -0.1) is 0 Å². The Hall–Kier alpha value is -1.39. The molecule has 1 aromatic carbocycles. The van der Waals surface area contributed by atoms with Crippen molar-refractivity contribution in [2.75, 3.05) is 0 Å². The molecule has 0 saturated carbocycles. The first-order chi connectivity index (χ1) is 15.8. The van der Waals surface area contributed by atoms with E-state index in [0.29, 0.717) is 6.42 Å². The Labute approximate surface area is 203 Å². The molecule has 1 aliphatic heterocycles. The average Bonchev–Trinajstić information content (AvgIpc) is 2.80. The second kappa shape index (κ2) is 13.5. The summed E-state index contributed by atoms with van der Waals surface area (Å²) in [5, 5.41) is 2.25. The highest BCUT2D eigenvalue weighted by Gasteiger charge is 2.51. The van der Waals surface area contributed by atoms with Crippen molar-refractivity contribution in [3.8, 4) is 0 Å². The van der Waals surface area contributed by atoms with Crippen LogP contribution in [-0.2, 0) is 14.4 Å². The van der Waals surface area contributed by atoms with Gasteiger partial charge in [0.1, 0.15) is 12.2 Å². The molecule has 0 radical (unpaired) electrons. The molecule has 0 bridgehead atoms. The van der Waals surface area contributed by atoms with Crippen LogP contribution in [0.5, 0.6) is 0 Å². The summed E-state index contributed by atoms with van der Waals surface area (Å²) in [6.45, 7) is 13.3. The fourth-order valence-electron chi connectivity index (χ4n) is 5.44. The number of carbonyl (C=O) groups excluding carboxylic acids is 1. The van der Waals surface area contributed by atoms with Gasteiger partial charge in [0.15, 0.2) is 0 Å². The predicted molar refractivity (Wildman–Crippen MR) is 137 cm³/mol. The van der Waals surface area contributed by atoms with Gasteiger partial charge in [0.2, 0.25) is 0 Å². The number of rotatable bonds is 14. The fourth-order valence-corrected chi connectivity index (χ4v) is 5.44. The molecule has 1 aromatic rings. The molecule has 0 amide bonds. The predicted octanol–water partition coefficient (Wildman–Crippen LogP) is 8.16. The van der Waals surface area contributed by atoms with Gasteiger partial charge < -0.3 is 4.74 Å². The van der Waals surface area contributed by atoms with Gasteiger partial charge in [0.05, 0.1) is 0 Å². The van der Waals surface area contributed by atoms with E-state index >= 15 is 0 Å². The normalized spacial score (nSPS) is 21.0. The molecule has 4 heteroatoms. The smallest absolute Gasteiger partial charge is 0.306 e. The summed E-state index contributed by atoms with van der Waals surface area (Å²) in [6.07, 6.45) is 12.5. The van der Waals surface area contributed by atoms with Crippen LogP contribution in [0.3, 0.4) is 0 Å². The van der Waals surface area contributed by atoms with E-state index in [1.165, 1.54) is 37.7 Å². The van der Waals surface area contributed by atoms with Crippen molar-refractivity contribution in [2.24, 2.45) is 0 Å². The quantitative estimate of drug-likeness (QED) is 0.208. The van der Waals surface area contributed by atoms with Crippen molar-refractivity contribution in [3.05, 3.63) is 35.9 Å². The number of hydroxylamine groups is 2. The third kappa shape index (κ3) is 8.10. The number of carbonyl (C=O) groups is 1. The van der Waals surface area contributed by atoms with E-state index in [4.69, 9.17) is 9.57 Å². The first kappa shape index (κ1) is 27.9. The number of piperidine rings is 1. The lowest BCUT2D eigenvalue weighted by molar-refractivity contribution is -0.323. The SMILES string of the molecule is CCCCCCCCCC(=O)OC1CC(C)(C)N(OC(C)c2ccccc2)C(CC)(CC)C1. The Bertz CT molecular complexity index is 683. The maximum Gasteiger partial charge on any atom is 0.306 e. The topological polar surface area (TPSA) is 38.8 Å². The molecule has 33 heavy (non-hydrogen) atoms. The molecule has 1 saturated heterocycles. The molecule has 1 fully saturated rings. The maximum atomic E-state index is 12.6. The summed E-state index contributed by atoms with van der Waals surface area (Å²) in [7, 11) is 0. The molecular weight excluding hydrogens is 410 g/mol. The van der Waals surface area contributed by atoms with Gasteiger partial charge in [-0.2, -0.15) is 5.06 Å². The fraction of sp³-hybridized carbons (Fsp3) is 0.759. The van der Waals surface area contributed by atoms with Gasteiger partial charge in [-0.25, -0.2) is 0 Å². The van der Waals surface area contributed by atoms with E-state index < -0.39 is 0 Å². The van der Waals surface area contributed by atoms with Crippen molar-refractivity contribution >= 4 is 5.97 Å². The van der Waals surface area contributed by atoms with Crippen molar-refractivity contribution in [1.29, 1.82) is 0 Å². The third-order valence-corrected chi connectivity index (χ3v) is 7.45. The monoisotopic (exact) mass is 459 g/mol. The highest BCUT2D eigenvalue weighted by molar-refractivity contribution is 5.69. The summed E-state index contributed by atoms with van der Waals surface area (Å²) < 4.78 is 6.05. The van der Waals surface area contributed by atoms with Crippen LogP contribution in [0.4, 0.5) is 0 Å². The average molecular weight is 460 g/mol. The van der Waals surface area contributed by atoms with Crippen LogP contribution in [-0.4, -0.2) is 28.2 Å². The van der Waals surface area contributed by atoms with E-state index in [2.05, 4.69) is 70.9 Å². The van der Waals surface area contributed by atoms with Gasteiger partial charge in [-0.05, 0) is 45.6 Å². The summed E-state index contributed by atoms with van der Waals surface area (Å²) in [6, 6.07) is 10.4. The van der Waals surface area contributed by atoms with Gasteiger partial charge in [0, 0.05) is 30.3 Å². The summed E-state index contributed by atoms with van der Waals surface area (Å²) in [4.78, 5) is 19.3. The Morgan fingerprint density at radius 1 is 0.970 bits per heavy atom. The third-order valence-electron chi connectivity index (χ3n) is 7.45. The first-order valence-corrected chi connectivity index (χ1v) is 13.5. The molecule has 1 heterocycles. The molecule has 4 nitrogen and oxygen atoms in total. The number of hydrogen-bond acceptors (Lipinski definition) is 4. The Balaban J connectivity index is 1.96. The summed E-state index contributed by atoms with van der Waals surface area (Å²) in [5.74, 6) is -0.0301. The van der Waals surface area contributed by atoms with Gasteiger partial charge in [0.25, 0.3) is 0 Å². The van der Waals surface area contributed by atoms with Gasteiger partial charge in [-0.3, -0.25) is 9.63 Å². The van der Waals surface area contributed by atoms with E-state index in [0.717, 1.165) is 38.5 Å². The van der Waals surface area contributed by atoms with E-state index in [1.54, 1.807) is 0 Å². The zero-order valence-corrected chi connectivity index (χ0v) is 22.2. The zero-order chi connectivity index (χ0) is 24.3. The molecule has 0 spiro atoms. The van der Waals surface area contributed by atoms with E-state index in [1.807, 2.05) is 6.07 Å². The molecule has 0 aromatic heterocycles. The minimum atomic E-state index is -0.225. The van der Waals surface area contributed by atoms with Crippen molar-refractivity contribution in [3.63, 3.8) is 0 Å². The van der Waals surface area contributed by atoms with Crippen LogP contribution >= 0.6 is 0 Å². The van der Waals surface area contributed by atoms with Gasteiger partial charge in [-0.1, -0.05) is 89.6 Å². The Kier molecular flexibility index (Phi) is 11.4. The summed E-state index contributed by atoms with van der Waals surface area (Å²) in [5.41, 5.74) is 0.810. The minimum absolute atomic E-state index is 0.0284. The molecule has 0 N–H and O–H groups in total. The van der Waals surface area contributed by atoms with Crippen LogP contribution in [0, 0.1) is 0 Å². The highest BCUT2D eigenvalue weighted by Crippen LogP contribution is 2.45. The number of hydrogen-bond donors (Lipinski definition) is 0. The standard InChI is InChI=1S/C29H49NO3/c1-7-10-11-12-13-14-18-21-27(31)32-26-22-28(5,6)30(29(8-2,9-3)23-26)33-24(4)25-19-16-15-17-20-25/h15-17,19-20,24,26H,7-14,18,21-23H2,1-6H3. The number of nitrogens with zero attached hydrogens (tertiary/aromatic N) is 1. The number of benzene rings is 1. The van der Waals surface area contributed by atoms with Crippen LogP contribution in [0.15, 0.2) is 30.3 Å². The lowest BCUT2D eigenvalue weighted by Gasteiger charge is -2.56.